The zero-order chi connectivity index (χ0) is 19.3. The molecule has 0 fully saturated rings. The Labute approximate surface area is 162 Å². The molecule has 0 aliphatic heterocycles. The lowest BCUT2D eigenvalue weighted by Gasteiger charge is -2.05. The molecule has 0 spiro atoms. The van der Waals surface area contributed by atoms with Gasteiger partial charge in [-0.05, 0) is 19.3 Å². The van der Waals surface area contributed by atoms with E-state index in [1.54, 1.807) is 0 Å². The van der Waals surface area contributed by atoms with E-state index in [0.29, 0.717) is 38.1 Å². The van der Waals surface area contributed by atoms with E-state index in [-0.39, 0.29) is 5.97 Å². The van der Waals surface area contributed by atoms with Gasteiger partial charge < -0.3 is 4.74 Å². The summed E-state index contributed by atoms with van der Waals surface area (Å²) in [7, 11) is 0. The molecule has 0 amide bonds. The van der Waals surface area contributed by atoms with Crippen molar-refractivity contribution in [2.24, 2.45) is 0 Å². The zero-order valence-corrected chi connectivity index (χ0v) is 17.7. The third kappa shape index (κ3) is 19.5. The topological polar surface area (TPSA) is 43.4 Å². The van der Waals surface area contributed by atoms with E-state index < -0.39 is 0 Å². The van der Waals surface area contributed by atoms with Gasteiger partial charge in [0, 0.05) is 19.3 Å². The summed E-state index contributed by atoms with van der Waals surface area (Å²) in [6.07, 6.45) is 19.5. The van der Waals surface area contributed by atoms with Crippen LogP contribution in [0.3, 0.4) is 0 Å². The van der Waals surface area contributed by atoms with Crippen molar-refractivity contribution >= 4 is 11.8 Å². The molecule has 26 heavy (non-hydrogen) atoms. The Balaban J connectivity index is 3.30. The number of hydrogen-bond donors (Lipinski definition) is 0. The molecule has 0 aliphatic rings. The van der Waals surface area contributed by atoms with Crippen molar-refractivity contribution in [3.63, 3.8) is 0 Å². The van der Waals surface area contributed by atoms with Gasteiger partial charge in [0.15, 0.2) is 0 Å². The molecule has 0 radical (unpaired) electrons. The summed E-state index contributed by atoms with van der Waals surface area (Å²) in [5, 5.41) is 0. The number of unbranched alkanes of at least 4 members (excludes halogenated alkanes) is 12. The van der Waals surface area contributed by atoms with E-state index in [1.807, 2.05) is 0 Å². The van der Waals surface area contributed by atoms with Crippen molar-refractivity contribution in [3.05, 3.63) is 0 Å². The quantitative estimate of drug-likeness (QED) is 0.169. The maximum absolute atomic E-state index is 11.7. The lowest BCUT2D eigenvalue weighted by atomic mass is 10.1. The highest BCUT2D eigenvalue weighted by Crippen LogP contribution is 2.10. The summed E-state index contributed by atoms with van der Waals surface area (Å²) in [4.78, 5) is 23.4. The van der Waals surface area contributed by atoms with Crippen LogP contribution in [-0.4, -0.2) is 18.4 Å². The molecule has 0 saturated heterocycles. The van der Waals surface area contributed by atoms with Gasteiger partial charge in [0.2, 0.25) is 0 Å². The van der Waals surface area contributed by atoms with Crippen LogP contribution < -0.4 is 0 Å². The Bertz CT molecular complexity index is 325. The number of Topliss-reactive ketones (excluding diaryl/α,β-unsaturated/α-hetero) is 1. The number of ketones is 1. The van der Waals surface area contributed by atoms with E-state index >= 15 is 0 Å². The van der Waals surface area contributed by atoms with E-state index in [1.165, 1.54) is 64.2 Å². The Hall–Kier alpha value is -0.860. The minimum absolute atomic E-state index is 0.139. The third-order valence-electron chi connectivity index (χ3n) is 4.91. The molecule has 3 heteroatoms. The van der Waals surface area contributed by atoms with Gasteiger partial charge in [0.1, 0.15) is 5.78 Å². The Morgan fingerprint density at radius 2 is 1.00 bits per heavy atom. The van der Waals surface area contributed by atoms with Crippen molar-refractivity contribution in [1.82, 2.24) is 0 Å². The van der Waals surface area contributed by atoms with Gasteiger partial charge in [0.05, 0.1) is 6.61 Å². The highest BCUT2D eigenvalue weighted by atomic mass is 16.5. The molecule has 0 N–H and O–H groups in total. The maximum atomic E-state index is 11.7. The van der Waals surface area contributed by atoms with Crippen LogP contribution in [0.2, 0.25) is 0 Å². The van der Waals surface area contributed by atoms with Crippen molar-refractivity contribution in [2.45, 2.75) is 129 Å². The summed E-state index contributed by atoms with van der Waals surface area (Å²) in [5.74, 6) is 0.161. The second-order valence-electron chi connectivity index (χ2n) is 7.61. The van der Waals surface area contributed by atoms with E-state index in [9.17, 15) is 9.59 Å². The lowest BCUT2D eigenvalue weighted by molar-refractivity contribution is -0.143. The summed E-state index contributed by atoms with van der Waals surface area (Å²) in [6, 6.07) is 0. The van der Waals surface area contributed by atoms with Crippen LogP contribution >= 0.6 is 0 Å². The Kier molecular flexibility index (Phi) is 19.8. The highest BCUT2D eigenvalue weighted by Gasteiger charge is 2.06. The average Bonchev–Trinajstić information content (AvgIpc) is 2.63. The average molecular weight is 369 g/mol. The summed E-state index contributed by atoms with van der Waals surface area (Å²) < 4.78 is 5.26. The molecule has 0 atom stereocenters. The van der Waals surface area contributed by atoms with Gasteiger partial charge in [-0.2, -0.15) is 0 Å². The van der Waals surface area contributed by atoms with E-state index in [2.05, 4.69) is 13.8 Å². The number of ether oxygens (including phenoxy) is 1. The van der Waals surface area contributed by atoms with Gasteiger partial charge in [-0.15, -0.1) is 0 Å². The first-order chi connectivity index (χ1) is 12.7. The molecule has 0 rings (SSSR count). The first-order valence-corrected chi connectivity index (χ1v) is 11.4. The molecule has 3 nitrogen and oxygen atoms in total. The largest absolute Gasteiger partial charge is 0.466 e. The highest BCUT2D eigenvalue weighted by molar-refractivity contribution is 5.79. The van der Waals surface area contributed by atoms with E-state index in [4.69, 9.17) is 4.74 Å². The SMILES string of the molecule is CCCCCCCCCCCOC(=O)CCCC(=O)CCCCCCC. The Morgan fingerprint density at radius 1 is 0.538 bits per heavy atom. The standard InChI is InChI=1S/C23H44O3/c1-3-5-7-9-10-11-12-14-16-21-26-23(25)20-17-19-22(24)18-15-13-8-6-4-2/h3-21H2,1-2H3. The number of hydrogen-bond acceptors (Lipinski definition) is 3. The predicted molar refractivity (Wildman–Crippen MR) is 110 cm³/mol. The summed E-state index contributed by atoms with van der Waals surface area (Å²) >= 11 is 0. The van der Waals surface area contributed by atoms with Gasteiger partial charge in [-0.1, -0.05) is 90.9 Å². The number of esters is 1. The number of rotatable bonds is 20. The van der Waals surface area contributed by atoms with Crippen LogP contribution in [-0.2, 0) is 14.3 Å². The molecule has 0 saturated carbocycles. The molecule has 154 valence electrons. The molecule has 0 aliphatic carbocycles. The molecule has 0 bridgehead atoms. The second kappa shape index (κ2) is 20.5. The van der Waals surface area contributed by atoms with Crippen LogP contribution in [0.15, 0.2) is 0 Å². The van der Waals surface area contributed by atoms with Gasteiger partial charge in [0.25, 0.3) is 0 Å². The molecular weight excluding hydrogens is 324 g/mol. The maximum Gasteiger partial charge on any atom is 0.305 e. The predicted octanol–water partition coefficient (Wildman–Crippen LogP) is 7.16. The lowest BCUT2D eigenvalue weighted by Crippen LogP contribution is -2.07. The van der Waals surface area contributed by atoms with Crippen molar-refractivity contribution in [1.29, 1.82) is 0 Å². The first kappa shape index (κ1) is 25.1. The fraction of sp³-hybridized carbons (Fsp3) is 0.913. The van der Waals surface area contributed by atoms with Gasteiger partial charge in [-0.3, -0.25) is 9.59 Å². The van der Waals surface area contributed by atoms with Crippen LogP contribution in [0.25, 0.3) is 0 Å². The fourth-order valence-electron chi connectivity index (χ4n) is 3.15. The van der Waals surface area contributed by atoms with Crippen molar-refractivity contribution in [2.75, 3.05) is 6.61 Å². The third-order valence-corrected chi connectivity index (χ3v) is 4.91. The number of carbonyl (C=O) groups excluding carboxylic acids is 2. The molecule has 0 aromatic carbocycles. The molecule has 0 unspecified atom stereocenters. The Morgan fingerprint density at radius 3 is 1.58 bits per heavy atom. The van der Waals surface area contributed by atoms with Gasteiger partial charge >= 0.3 is 5.97 Å². The van der Waals surface area contributed by atoms with Crippen molar-refractivity contribution in [3.8, 4) is 0 Å². The zero-order valence-electron chi connectivity index (χ0n) is 17.7. The monoisotopic (exact) mass is 368 g/mol. The van der Waals surface area contributed by atoms with Gasteiger partial charge in [-0.25, -0.2) is 0 Å². The molecule has 0 heterocycles. The van der Waals surface area contributed by atoms with E-state index in [0.717, 1.165) is 25.7 Å². The normalized spacial score (nSPS) is 10.8. The van der Waals surface area contributed by atoms with Crippen molar-refractivity contribution < 1.29 is 14.3 Å². The van der Waals surface area contributed by atoms with Crippen LogP contribution in [0.1, 0.15) is 129 Å². The number of carbonyl (C=O) groups is 2. The fourth-order valence-corrected chi connectivity index (χ4v) is 3.15. The molecule has 0 aromatic rings. The van der Waals surface area contributed by atoms with Crippen LogP contribution in [0.4, 0.5) is 0 Å². The second-order valence-corrected chi connectivity index (χ2v) is 7.61. The van der Waals surface area contributed by atoms with Crippen LogP contribution in [0, 0.1) is 0 Å². The first-order valence-electron chi connectivity index (χ1n) is 11.4. The smallest absolute Gasteiger partial charge is 0.305 e. The minimum atomic E-state index is -0.139. The summed E-state index contributed by atoms with van der Waals surface area (Å²) in [5.41, 5.74) is 0. The molecular formula is C23H44O3. The molecule has 0 aromatic heterocycles. The summed E-state index contributed by atoms with van der Waals surface area (Å²) in [6.45, 7) is 4.98. The minimum Gasteiger partial charge on any atom is -0.466 e. The van der Waals surface area contributed by atoms with Crippen LogP contribution in [0.5, 0.6) is 0 Å².